The standard InChI is InChI=1S/C34H42F3N7O8/c1-33(2,3)52-32(47)39-19-25(28(46)48-4)41-27(45)24-14-11-22-17-26(24)50-16-8-6-5-7-15-49-23-12-9-21(10-13-23)18-38-29-42-30(40-22)44-31(43-29)51-20-34(35,36)37/h9-14,17,25H,5-8,15-16,18-20H2,1-4H3,(H,39,47)(H,41,45)(H2,38,40,42,43,44)/t25-/m0/s1. The maximum atomic E-state index is 13.5. The van der Waals surface area contributed by atoms with Crippen molar-refractivity contribution in [2.45, 2.75) is 70.8 Å². The van der Waals surface area contributed by atoms with Crippen LogP contribution >= 0.6 is 0 Å². The molecule has 0 saturated heterocycles. The van der Waals surface area contributed by atoms with Crippen molar-refractivity contribution in [1.29, 1.82) is 0 Å². The van der Waals surface area contributed by atoms with Gasteiger partial charge in [0.15, 0.2) is 6.61 Å². The zero-order chi connectivity index (χ0) is 37.7. The Kier molecular flexibility index (Phi) is 13.7. The van der Waals surface area contributed by atoms with Gasteiger partial charge in [-0.2, -0.15) is 28.1 Å². The predicted molar refractivity (Wildman–Crippen MR) is 182 cm³/mol. The number of fused-ring (bicyclic) bond motifs is 10. The summed E-state index contributed by atoms with van der Waals surface area (Å²) in [5.41, 5.74) is 0.387. The third kappa shape index (κ3) is 13.3. The summed E-state index contributed by atoms with van der Waals surface area (Å²) >= 11 is 0. The van der Waals surface area contributed by atoms with Gasteiger partial charge in [0.1, 0.15) is 23.1 Å². The van der Waals surface area contributed by atoms with Gasteiger partial charge in [-0.15, -0.1) is 0 Å². The molecule has 0 unspecified atom stereocenters. The van der Waals surface area contributed by atoms with Crippen LogP contribution in [-0.2, 0) is 20.8 Å². The van der Waals surface area contributed by atoms with Crippen molar-refractivity contribution in [3.05, 3.63) is 53.6 Å². The highest BCUT2D eigenvalue weighted by Crippen LogP contribution is 2.27. The van der Waals surface area contributed by atoms with Crippen LogP contribution < -0.4 is 35.5 Å². The highest BCUT2D eigenvalue weighted by molar-refractivity contribution is 5.99. The molecule has 0 radical (unpaired) electrons. The molecule has 1 aromatic heterocycles. The van der Waals surface area contributed by atoms with Gasteiger partial charge in [-0.25, -0.2) is 9.59 Å². The molecule has 18 heteroatoms. The van der Waals surface area contributed by atoms with Gasteiger partial charge in [-0.1, -0.05) is 12.1 Å². The second-order valence-corrected chi connectivity index (χ2v) is 12.5. The van der Waals surface area contributed by atoms with Crippen LogP contribution in [0, 0.1) is 0 Å². The van der Waals surface area contributed by atoms with Gasteiger partial charge < -0.3 is 45.0 Å². The first-order valence-corrected chi connectivity index (χ1v) is 16.5. The van der Waals surface area contributed by atoms with Gasteiger partial charge in [0.25, 0.3) is 5.91 Å². The third-order valence-electron chi connectivity index (χ3n) is 7.04. The zero-order valence-corrected chi connectivity index (χ0v) is 29.2. The fraction of sp³-hybridized carbons (Fsp3) is 0.471. The molecule has 1 atom stereocenters. The van der Waals surface area contributed by atoms with E-state index in [0.717, 1.165) is 31.9 Å². The summed E-state index contributed by atoms with van der Waals surface area (Å²) in [6.07, 6.45) is -2.31. The molecule has 3 aromatic rings. The summed E-state index contributed by atoms with van der Waals surface area (Å²) < 4.78 is 65.6. The first-order valence-electron chi connectivity index (χ1n) is 16.5. The number of alkyl halides is 3. The van der Waals surface area contributed by atoms with Crippen LogP contribution in [0.15, 0.2) is 42.5 Å². The van der Waals surface area contributed by atoms with Crippen LogP contribution in [0.25, 0.3) is 0 Å². The Balaban J connectivity index is 1.60. The van der Waals surface area contributed by atoms with E-state index in [1.807, 2.05) is 24.3 Å². The van der Waals surface area contributed by atoms with Crippen LogP contribution in [0.1, 0.15) is 62.4 Å². The SMILES string of the molecule is COC(=O)[C@H](CNC(=O)OC(C)(C)C)NC(=O)c1ccc2cc1OCCCCCCOc1ccc(cc1)CNc1nc(nc(OCC(F)(F)F)n1)N2. The average Bonchev–Trinajstić information content (AvgIpc) is 3.08. The van der Waals surface area contributed by atoms with Crippen LogP contribution in [0.4, 0.5) is 35.5 Å². The molecule has 2 amide bonds. The Morgan fingerprint density at radius 1 is 0.923 bits per heavy atom. The molecule has 0 saturated carbocycles. The van der Waals surface area contributed by atoms with Crippen LogP contribution in [0.3, 0.4) is 0 Å². The first kappa shape index (κ1) is 39.2. The number of hydrogen-bond acceptors (Lipinski definition) is 13. The van der Waals surface area contributed by atoms with Crippen molar-refractivity contribution >= 4 is 35.6 Å². The number of methoxy groups -OCH3 is 1. The van der Waals surface area contributed by atoms with Crippen molar-refractivity contribution in [2.24, 2.45) is 0 Å². The molecule has 0 aliphatic carbocycles. The number of amides is 2. The lowest BCUT2D eigenvalue weighted by Gasteiger charge is -2.22. The number of carbonyl (C=O) groups excluding carboxylic acids is 3. The van der Waals surface area contributed by atoms with Crippen molar-refractivity contribution in [3.8, 4) is 17.5 Å². The second-order valence-electron chi connectivity index (χ2n) is 12.5. The number of hydrogen-bond donors (Lipinski definition) is 4. The van der Waals surface area contributed by atoms with Gasteiger partial charge >= 0.3 is 24.2 Å². The number of esters is 1. The number of halogens is 3. The third-order valence-corrected chi connectivity index (χ3v) is 7.04. The van der Waals surface area contributed by atoms with Crippen LogP contribution in [-0.4, -0.2) is 84.2 Å². The minimum Gasteiger partial charge on any atom is -0.494 e. The molecule has 5 rings (SSSR count). The molecule has 6 bridgehead atoms. The number of nitrogens with one attached hydrogen (secondary N) is 4. The molecule has 282 valence electrons. The molecule has 0 spiro atoms. The lowest BCUT2D eigenvalue weighted by Crippen LogP contribution is -2.49. The van der Waals surface area contributed by atoms with Crippen LogP contribution in [0.2, 0.25) is 0 Å². The fourth-order valence-corrected chi connectivity index (χ4v) is 4.62. The average molecular weight is 734 g/mol. The van der Waals surface area contributed by atoms with Crippen molar-refractivity contribution in [1.82, 2.24) is 25.6 Å². The van der Waals surface area contributed by atoms with E-state index in [9.17, 15) is 27.6 Å². The lowest BCUT2D eigenvalue weighted by molar-refractivity contribution is -0.154. The van der Waals surface area contributed by atoms with Gasteiger partial charge in [0, 0.05) is 18.3 Å². The Hall–Kier alpha value is -5.55. The fourth-order valence-electron chi connectivity index (χ4n) is 4.62. The highest BCUT2D eigenvalue weighted by Gasteiger charge is 2.30. The van der Waals surface area contributed by atoms with E-state index in [4.69, 9.17) is 23.7 Å². The summed E-state index contributed by atoms with van der Waals surface area (Å²) in [6, 6.07) is 9.83. The molecule has 2 aromatic carbocycles. The Morgan fingerprint density at radius 2 is 1.62 bits per heavy atom. The largest absolute Gasteiger partial charge is 0.494 e. The minimum absolute atomic E-state index is 0.0419. The van der Waals surface area contributed by atoms with E-state index in [0.29, 0.717) is 24.5 Å². The van der Waals surface area contributed by atoms with Gasteiger partial charge in [0.2, 0.25) is 11.9 Å². The molecular formula is C34H42F3N7O8. The number of aromatic nitrogens is 3. The maximum absolute atomic E-state index is 13.5. The van der Waals surface area contributed by atoms with Crippen molar-refractivity contribution in [2.75, 3.05) is 44.1 Å². The lowest BCUT2D eigenvalue weighted by atomic mass is 10.1. The summed E-state index contributed by atoms with van der Waals surface area (Å²) in [7, 11) is 1.14. The molecule has 15 nitrogen and oxygen atoms in total. The zero-order valence-electron chi connectivity index (χ0n) is 29.2. The normalized spacial score (nSPS) is 14.4. The summed E-state index contributed by atoms with van der Waals surface area (Å²) in [5, 5.41) is 10.9. The number of ether oxygens (including phenoxy) is 5. The molecule has 2 aliphatic rings. The topological polar surface area (TPSA) is 184 Å². The van der Waals surface area contributed by atoms with Gasteiger partial charge in [-0.05, 0) is 76.3 Å². The second kappa shape index (κ2) is 18.1. The Labute approximate surface area is 298 Å². The van der Waals surface area contributed by atoms with E-state index in [1.54, 1.807) is 20.8 Å². The first-order chi connectivity index (χ1) is 24.7. The molecule has 4 N–H and O–H groups in total. The molecule has 52 heavy (non-hydrogen) atoms. The van der Waals surface area contributed by atoms with Crippen molar-refractivity contribution in [3.63, 3.8) is 0 Å². The summed E-state index contributed by atoms with van der Waals surface area (Å²) in [5.74, 6) is -0.959. The van der Waals surface area contributed by atoms with E-state index < -0.39 is 48.4 Å². The van der Waals surface area contributed by atoms with E-state index in [1.165, 1.54) is 18.2 Å². The van der Waals surface area contributed by atoms with Crippen LogP contribution in [0.5, 0.6) is 17.5 Å². The molecule has 2 aliphatic heterocycles. The molecular weight excluding hydrogens is 691 g/mol. The van der Waals surface area contributed by atoms with E-state index in [-0.39, 0.29) is 42.9 Å². The minimum atomic E-state index is -4.64. The molecule has 0 fully saturated rings. The Morgan fingerprint density at radius 3 is 2.29 bits per heavy atom. The highest BCUT2D eigenvalue weighted by atomic mass is 19.4. The number of anilines is 3. The van der Waals surface area contributed by atoms with E-state index in [2.05, 4.69) is 36.2 Å². The number of benzene rings is 2. The number of rotatable bonds is 7. The number of carbonyl (C=O) groups is 3. The maximum Gasteiger partial charge on any atom is 0.422 e. The number of nitrogens with zero attached hydrogens (tertiary/aromatic N) is 3. The molecule has 3 heterocycles. The quantitative estimate of drug-likeness (QED) is 0.230. The van der Waals surface area contributed by atoms with E-state index >= 15 is 0 Å². The van der Waals surface area contributed by atoms with Crippen molar-refractivity contribution < 1.29 is 51.2 Å². The predicted octanol–water partition coefficient (Wildman–Crippen LogP) is 5.30. The van der Waals surface area contributed by atoms with Gasteiger partial charge in [0.05, 0.1) is 32.4 Å². The van der Waals surface area contributed by atoms with Gasteiger partial charge in [-0.3, -0.25) is 4.79 Å². The summed E-state index contributed by atoms with van der Waals surface area (Å²) in [6.45, 7) is 4.04. The Bertz CT molecular complexity index is 1670. The number of alkyl carbamates (subject to hydrolysis) is 1. The smallest absolute Gasteiger partial charge is 0.422 e. The summed E-state index contributed by atoms with van der Waals surface area (Å²) in [4.78, 5) is 50.5. The monoisotopic (exact) mass is 733 g/mol.